The molecule has 1 aromatic rings. The van der Waals surface area contributed by atoms with Gasteiger partial charge >= 0.3 is 0 Å². The molecule has 24 heavy (non-hydrogen) atoms. The predicted molar refractivity (Wildman–Crippen MR) is 91.2 cm³/mol. The normalized spacial score (nSPS) is 24.7. The molecule has 1 saturated carbocycles. The lowest BCUT2D eigenvalue weighted by Crippen LogP contribution is -2.46. The van der Waals surface area contributed by atoms with E-state index in [9.17, 15) is 14.4 Å². The van der Waals surface area contributed by atoms with Gasteiger partial charge in [0, 0.05) is 5.69 Å². The molecule has 1 aliphatic heterocycles. The Balaban J connectivity index is 1.73. The maximum Gasteiger partial charge on any atom is 0.247 e. The van der Waals surface area contributed by atoms with E-state index in [4.69, 9.17) is 0 Å². The number of fused-ring (bicyclic) bond motifs is 1. The summed E-state index contributed by atoms with van der Waals surface area (Å²) in [5.74, 6) is -1.09. The smallest absolute Gasteiger partial charge is 0.247 e. The molecule has 3 amide bonds. The lowest BCUT2D eigenvalue weighted by atomic mass is 9.81. The van der Waals surface area contributed by atoms with E-state index in [-0.39, 0.29) is 29.6 Å². The first-order valence-corrected chi connectivity index (χ1v) is 8.79. The first-order valence-electron chi connectivity index (χ1n) is 8.79. The van der Waals surface area contributed by atoms with Crippen molar-refractivity contribution in [1.29, 1.82) is 0 Å². The molecule has 1 aromatic carbocycles. The number of likely N-dealkylation sites (tertiary alicyclic amines) is 1. The molecule has 128 valence electrons. The molecule has 5 nitrogen and oxygen atoms in total. The number of hydrogen-bond donors (Lipinski definition) is 1. The number of carbonyl (C=O) groups is 3. The topological polar surface area (TPSA) is 66.5 Å². The maximum absolute atomic E-state index is 12.6. The second-order valence-corrected chi connectivity index (χ2v) is 6.76. The molecule has 2 fully saturated rings. The highest BCUT2D eigenvalue weighted by atomic mass is 16.2. The summed E-state index contributed by atoms with van der Waals surface area (Å²) in [5.41, 5.74) is 1.82. The molecule has 1 aliphatic carbocycles. The molecule has 0 bridgehead atoms. The molecular weight excluding hydrogens is 304 g/mol. The monoisotopic (exact) mass is 328 g/mol. The SMILES string of the molecule is CCc1cccc(NC(=O)C(C)N2C(=O)C3CCCCC3C2=O)c1. The highest BCUT2D eigenvalue weighted by molar-refractivity contribution is 6.09. The van der Waals surface area contributed by atoms with Gasteiger partial charge in [-0.15, -0.1) is 0 Å². The minimum absolute atomic E-state index is 0.172. The third-order valence-corrected chi connectivity index (χ3v) is 5.24. The van der Waals surface area contributed by atoms with Gasteiger partial charge in [0.15, 0.2) is 0 Å². The number of benzene rings is 1. The zero-order valence-electron chi connectivity index (χ0n) is 14.2. The van der Waals surface area contributed by atoms with Crippen LogP contribution in [0.25, 0.3) is 0 Å². The Labute approximate surface area is 142 Å². The van der Waals surface area contributed by atoms with E-state index < -0.39 is 6.04 Å². The standard InChI is InChI=1S/C19H24N2O3/c1-3-13-7-6-8-14(11-13)20-17(22)12(2)21-18(23)15-9-4-5-10-16(15)19(21)24/h6-8,11-12,15-16H,3-5,9-10H2,1-2H3,(H,20,22). The van der Waals surface area contributed by atoms with E-state index in [2.05, 4.69) is 5.32 Å². The highest BCUT2D eigenvalue weighted by Crippen LogP contribution is 2.38. The zero-order valence-corrected chi connectivity index (χ0v) is 14.2. The second kappa shape index (κ2) is 6.75. The van der Waals surface area contributed by atoms with Crippen LogP contribution >= 0.6 is 0 Å². The number of carbonyl (C=O) groups excluding carboxylic acids is 3. The molecule has 1 N–H and O–H groups in total. The molecule has 2 aliphatic rings. The average molecular weight is 328 g/mol. The molecule has 3 rings (SSSR count). The summed E-state index contributed by atoms with van der Waals surface area (Å²) in [6.45, 7) is 3.68. The number of imide groups is 1. The summed E-state index contributed by atoms with van der Waals surface area (Å²) in [6, 6.07) is 6.84. The Morgan fingerprint density at radius 2 is 1.83 bits per heavy atom. The number of nitrogens with zero attached hydrogens (tertiary/aromatic N) is 1. The first kappa shape index (κ1) is 16.7. The van der Waals surface area contributed by atoms with Crippen molar-refractivity contribution in [3.63, 3.8) is 0 Å². The van der Waals surface area contributed by atoms with Crippen LogP contribution in [0.3, 0.4) is 0 Å². The Morgan fingerprint density at radius 1 is 1.21 bits per heavy atom. The van der Waals surface area contributed by atoms with Gasteiger partial charge in [-0.2, -0.15) is 0 Å². The molecule has 3 unspecified atom stereocenters. The molecule has 1 saturated heterocycles. The third kappa shape index (κ3) is 2.95. The second-order valence-electron chi connectivity index (χ2n) is 6.76. The van der Waals surface area contributed by atoms with Gasteiger partial charge < -0.3 is 5.32 Å². The minimum atomic E-state index is -0.777. The van der Waals surface area contributed by atoms with Crippen LogP contribution < -0.4 is 5.32 Å². The van der Waals surface area contributed by atoms with E-state index in [1.165, 1.54) is 4.90 Å². The van der Waals surface area contributed by atoms with Crippen LogP contribution in [-0.2, 0) is 20.8 Å². The van der Waals surface area contributed by atoms with Crippen LogP contribution in [-0.4, -0.2) is 28.7 Å². The van der Waals surface area contributed by atoms with E-state index in [1.807, 2.05) is 31.2 Å². The van der Waals surface area contributed by atoms with Crippen molar-refractivity contribution >= 4 is 23.4 Å². The van der Waals surface area contributed by atoms with Crippen molar-refractivity contribution in [2.75, 3.05) is 5.32 Å². The Hall–Kier alpha value is -2.17. The third-order valence-electron chi connectivity index (χ3n) is 5.24. The lowest BCUT2D eigenvalue weighted by Gasteiger charge is -2.22. The molecule has 0 spiro atoms. The lowest BCUT2D eigenvalue weighted by molar-refractivity contribution is -0.146. The van der Waals surface area contributed by atoms with Gasteiger partial charge in [0.2, 0.25) is 17.7 Å². The van der Waals surface area contributed by atoms with Gasteiger partial charge in [-0.05, 0) is 43.9 Å². The van der Waals surface area contributed by atoms with E-state index in [0.29, 0.717) is 5.69 Å². The molecule has 0 radical (unpaired) electrons. The number of amides is 3. The Morgan fingerprint density at radius 3 is 2.42 bits per heavy atom. The molecule has 5 heteroatoms. The van der Waals surface area contributed by atoms with Crippen LogP contribution in [0, 0.1) is 11.8 Å². The van der Waals surface area contributed by atoms with Gasteiger partial charge in [0.05, 0.1) is 11.8 Å². The highest BCUT2D eigenvalue weighted by Gasteiger charge is 2.50. The van der Waals surface area contributed by atoms with Crippen LogP contribution in [0.2, 0.25) is 0 Å². The number of anilines is 1. The van der Waals surface area contributed by atoms with Crippen LogP contribution in [0.5, 0.6) is 0 Å². The van der Waals surface area contributed by atoms with Crippen molar-refractivity contribution < 1.29 is 14.4 Å². The van der Waals surface area contributed by atoms with Gasteiger partial charge in [0.1, 0.15) is 6.04 Å². The van der Waals surface area contributed by atoms with E-state index >= 15 is 0 Å². The summed E-state index contributed by atoms with van der Waals surface area (Å²) in [7, 11) is 0. The van der Waals surface area contributed by atoms with Crippen LogP contribution in [0.4, 0.5) is 5.69 Å². The Kier molecular flexibility index (Phi) is 4.69. The molecule has 3 atom stereocenters. The maximum atomic E-state index is 12.6. The van der Waals surface area contributed by atoms with Crippen molar-refractivity contribution in [2.45, 2.75) is 52.0 Å². The summed E-state index contributed by atoms with van der Waals surface area (Å²) < 4.78 is 0. The van der Waals surface area contributed by atoms with Gasteiger partial charge in [-0.25, -0.2) is 0 Å². The van der Waals surface area contributed by atoms with Crippen LogP contribution in [0.1, 0.15) is 45.1 Å². The van der Waals surface area contributed by atoms with Crippen molar-refractivity contribution in [1.82, 2.24) is 4.90 Å². The minimum Gasteiger partial charge on any atom is -0.324 e. The molecule has 1 heterocycles. The van der Waals surface area contributed by atoms with Gasteiger partial charge in [0.25, 0.3) is 0 Å². The summed E-state index contributed by atoms with van der Waals surface area (Å²) in [5, 5.41) is 2.83. The fourth-order valence-corrected chi connectivity index (χ4v) is 3.80. The number of hydrogen-bond acceptors (Lipinski definition) is 3. The van der Waals surface area contributed by atoms with Crippen LogP contribution in [0.15, 0.2) is 24.3 Å². The van der Waals surface area contributed by atoms with E-state index in [0.717, 1.165) is 37.7 Å². The quantitative estimate of drug-likeness (QED) is 0.864. The summed E-state index contributed by atoms with van der Waals surface area (Å²) in [4.78, 5) is 38.9. The van der Waals surface area contributed by atoms with E-state index in [1.54, 1.807) is 6.92 Å². The zero-order chi connectivity index (χ0) is 17.3. The van der Waals surface area contributed by atoms with Gasteiger partial charge in [-0.3, -0.25) is 19.3 Å². The largest absolute Gasteiger partial charge is 0.324 e. The summed E-state index contributed by atoms with van der Waals surface area (Å²) in [6.07, 6.45) is 4.37. The fourth-order valence-electron chi connectivity index (χ4n) is 3.80. The number of rotatable bonds is 4. The van der Waals surface area contributed by atoms with Crippen molar-refractivity contribution in [3.05, 3.63) is 29.8 Å². The Bertz CT molecular complexity index is 646. The number of nitrogens with one attached hydrogen (secondary N) is 1. The molecular formula is C19H24N2O3. The van der Waals surface area contributed by atoms with Crippen molar-refractivity contribution in [2.24, 2.45) is 11.8 Å². The summed E-state index contributed by atoms with van der Waals surface area (Å²) >= 11 is 0. The number of aryl methyl sites for hydroxylation is 1. The first-order chi connectivity index (χ1) is 11.5. The predicted octanol–water partition coefficient (Wildman–Crippen LogP) is 2.75. The van der Waals surface area contributed by atoms with Crippen molar-refractivity contribution in [3.8, 4) is 0 Å². The average Bonchev–Trinajstić information content (AvgIpc) is 2.86. The fraction of sp³-hybridized carbons (Fsp3) is 0.526. The van der Waals surface area contributed by atoms with Gasteiger partial charge in [-0.1, -0.05) is 31.9 Å². The molecule has 0 aromatic heterocycles.